The summed E-state index contributed by atoms with van der Waals surface area (Å²) in [6, 6.07) is 17.5. The number of methoxy groups -OCH3 is 1. The van der Waals surface area contributed by atoms with E-state index in [2.05, 4.69) is 0 Å². The number of hydrogen-bond acceptors (Lipinski definition) is 5. The number of phenolic OH excluding ortho intramolecular Hbond substituents is 1. The van der Waals surface area contributed by atoms with Gasteiger partial charge in [0.2, 0.25) is 0 Å². The van der Waals surface area contributed by atoms with Crippen molar-refractivity contribution < 1.29 is 19.4 Å². The third kappa shape index (κ3) is 2.89. The van der Waals surface area contributed by atoms with Gasteiger partial charge in [0.15, 0.2) is 5.60 Å². The van der Waals surface area contributed by atoms with Crippen LogP contribution in [-0.4, -0.2) is 32.3 Å². The van der Waals surface area contributed by atoms with Crippen LogP contribution < -0.4 is 9.64 Å². The second-order valence-electron chi connectivity index (χ2n) is 7.06. The number of ether oxygens (including phenoxy) is 2. The van der Waals surface area contributed by atoms with Crippen molar-refractivity contribution in [2.24, 2.45) is 0 Å². The molecule has 6 heteroatoms. The number of benzene rings is 3. The lowest BCUT2D eigenvalue weighted by atomic mass is 9.79. The average molecular weight is 410 g/mol. The summed E-state index contributed by atoms with van der Waals surface area (Å²) in [4.78, 5) is 14.7. The Bertz CT molecular complexity index is 1110. The van der Waals surface area contributed by atoms with Gasteiger partial charge in [0.1, 0.15) is 11.5 Å². The fourth-order valence-corrected chi connectivity index (χ4v) is 3.99. The Morgan fingerprint density at radius 1 is 1.00 bits per heavy atom. The molecule has 1 unspecified atom stereocenters. The number of carbonyl (C=O) groups excluding carboxylic acids is 1. The van der Waals surface area contributed by atoms with Crippen LogP contribution in [0.15, 0.2) is 60.7 Å². The van der Waals surface area contributed by atoms with Gasteiger partial charge < -0.3 is 19.5 Å². The van der Waals surface area contributed by atoms with Crippen LogP contribution in [-0.2, 0) is 10.3 Å². The Morgan fingerprint density at radius 2 is 1.76 bits per heavy atom. The molecule has 0 spiro atoms. The molecular weight excluding hydrogens is 390 g/mol. The number of carbonyl (C=O) groups is 1. The topological polar surface area (TPSA) is 59.0 Å². The van der Waals surface area contributed by atoms with Crippen LogP contribution in [0.4, 0.5) is 5.69 Å². The molecule has 1 heterocycles. The van der Waals surface area contributed by atoms with Gasteiger partial charge in [-0.2, -0.15) is 0 Å². The zero-order chi connectivity index (χ0) is 20.8. The Labute approximate surface area is 174 Å². The van der Waals surface area contributed by atoms with Gasteiger partial charge in [-0.3, -0.25) is 0 Å². The van der Waals surface area contributed by atoms with Crippen LogP contribution in [0, 0.1) is 0 Å². The molecule has 1 aliphatic heterocycles. The van der Waals surface area contributed by atoms with Crippen molar-refractivity contribution in [3.05, 3.63) is 87.9 Å². The summed E-state index contributed by atoms with van der Waals surface area (Å²) in [5, 5.41) is 11.4. The number of nitrogens with zero attached hydrogens (tertiary/aromatic N) is 1. The number of hydrogen-bond donors (Lipinski definition) is 1. The maximum Gasteiger partial charge on any atom is 0.340 e. The van der Waals surface area contributed by atoms with Gasteiger partial charge in [-0.05, 0) is 36.4 Å². The smallest absolute Gasteiger partial charge is 0.340 e. The van der Waals surface area contributed by atoms with Gasteiger partial charge in [-0.1, -0.05) is 29.8 Å². The molecule has 0 bridgehead atoms. The molecule has 0 aliphatic carbocycles. The average Bonchev–Trinajstić information content (AvgIpc) is 3.01. The highest BCUT2D eigenvalue weighted by Crippen LogP contribution is 2.52. The Hall–Kier alpha value is -3.18. The van der Waals surface area contributed by atoms with E-state index in [1.165, 1.54) is 7.11 Å². The Kier molecular flexibility index (Phi) is 4.63. The van der Waals surface area contributed by atoms with Crippen molar-refractivity contribution in [1.29, 1.82) is 0 Å². The van der Waals surface area contributed by atoms with E-state index in [0.29, 0.717) is 33.0 Å². The minimum Gasteiger partial charge on any atom is -0.507 e. The van der Waals surface area contributed by atoms with Crippen molar-refractivity contribution >= 4 is 23.3 Å². The fourth-order valence-electron chi connectivity index (χ4n) is 3.81. The molecule has 0 amide bonds. The summed E-state index contributed by atoms with van der Waals surface area (Å²) >= 11 is 6.31. The predicted octanol–water partition coefficient (Wildman–Crippen LogP) is 4.58. The molecular formula is C23H20ClNO4. The highest BCUT2D eigenvalue weighted by Gasteiger charge is 2.51. The molecule has 5 nitrogen and oxygen atoms in total. The number of cyclic esters (lactones) is 1. The molecule has 0 aromatic heterocycles. The van der Waals surface area contributed by atoms with Crippen molar-refractivity contribution in [3.8, 4) is 11.5 Å². The van der Waals surface area contributed by atoms with Crippen molar-refractivity contribution in [2.45, 2.75) is 5.60 Å². The van der Waals surface area contributed by atoms with Gasteiger partial charge in [-0.25, -0.2) is 4.79 Å². The van der Waals surface area contributed by atoms with Gasteiger partial charge in [0.25, 0.3) is 0 Å². The number of phenols is 1. The molecule has 0 radical (unpaired) electrons. The number of rotatable bonds is 4. The fraction of sp³-hybridized carbons (Fsp3) is 0.174. The summed E-state index contributed by atoms with van der Waals surface area (Å²) in [5.74, 6) is 0.0245. The highest BCUT2D eigenvalue weighted by molar-refractivity contribution is 6.30. The maximum absolute atomic E-state index is 12.8. The van der Waals surface area contributed by atoms with Crippen molar-refractivity contribution in [1.82, 2.24) is 0 Å². The second kappa shape index (κ2) is 7.01. The molecule has 0 fully saturated rings. The SMILES string of the molecule is COc1ccc(Cl)cc1C1(c2ccc(N(C)C)cc2O)OC(=O)c2ccccc21. The normalized spacial score (nSPS) is 17.6. The molecule has 0 saturated heterocycles. The number of esters is 1. The lowest BCUT2D eigenvalue weighted by Gasteiger charge is -2.32. The van der Waals surface area contributed by atoms with Gasteiger partial charge in [0.05, 0.1) is 12.7 Å². The van der Waals surface area contributed by atoms with Crippen LogP contribution in [0.5, 0.6) is 11.5 Å². The first-order valence-corrected chi connectivity index (χ1v) is 9.44. The molecule has 4 rings (SSSR count). The van der Waals surface area contributed by atoms with Crippen LogP contribution in [0.3, 0.4) is 0 Å². The lowest BCUT2D eigenvalue weighted by molar-refractivity contribution is 0.0239. The molecule has 1 aliphatic rings. The number of aromatic hydroxyl groups is 1. The van der Waals surface area contributed by atoms with Crippen LogP contribution in [0.1, 0.15) is 27.0 Å². The molecule has 3 aromatic carbocycles. The van der Waals surface area contributed by atoms with Gasteiger partial charge in [-0.15, -0.1) is 0 Å². The minimum atomic E-state index is -1.39. The predicted molar refractivity (Wildman–Crippen MR) is 112 cm³/mol. The van der Waals surface area contributed by atoms with E-state index < -0.39 is 11.6 Å². The molecule has 29 heavy (non-hydrogen) atoms. The summed E-state index contributed by atoms with van der Waals surface area (Å²) in [5.41, 5.74) is 1.46. The summed E-state index contributed by atoms with van der Waals surface area (Å²) in [7, 11) is 5.31. The van der Waals surface area contributed by atoms with Crippen LogP contribution >= 0.6 is 11.6 Å². The first-order valence-electron chi connectivity index (χ1n) is 9.06. The van der Waals surface area contributed by atoms with E-state index in [4.69, 9.17) is 21.1 Å². The van der Waals surface area contributed by atoms with E-state index in [1.54, 1.807) is 42.5 Å². The largest absolute Gasteiger partial charge is 0.507 e. The van der Waals surface area contributed by atoms with E-state index in [0.717, 1.165) is 5.69 Å². The minimum absolute atomic E-state index is 0.00253. The lowest BCUT2D eigenvalue weighted by Crippen LogP contribution is -2.30. The highest BCUT2D eigenvalue weighted by atomic mass is 35.5. The van der Waals surface area contributed by atoms with Crippen LogP contribution in [0.2, 0.25) is 5.02 Å². The first kappa shape index (κ1) is 19.2. The zero-order valence-corrected chi connectivity index (χ0v) is 17.0. The molecule has 1 atom stereocenters. The molecule has 1 N–H and O–H groups in total. The van der Waals surface area contributed by atoms with E-state index in [9.17, 15) is 9.90 Å². The number of anilines is 1. The van der Waals surface area contributed by atoms with Gasteiger partial charge >= 0.3 is 5.97 Å². The summed E-state index contributed by atoms with van der Waals surface area (Å²) in [6.45, 7) is 0. The van der Waals surface area contributed by atoms with Crippen molar-refractivity contribution in [3.63, 3.8) is 0 Å². The quantitative estimate of drug-likeness (QED) is 0.639. The number of fused-ring (bicyclic) bond motifs is 1. The van der Waals surface area contributed by atoms with Gasteiger partial charge in [0, 0.05) is 47.6 Å². The Balaban J connectivity index is 2.09. The molecule has 0 saturated carbocycles. The summed E-state index contributed by atoms with van der Waals surface area (Å²) in [6.07, 6.45) is 0. The first-order chi connectivity index (χ1) is 13.9. The molecule has 148 valence electrons. The number of halogens is 1. The monoisotopic (exact) mass is 409 g/mol. The third-order valence-electron chi connectivity index (χ3n) is 5.19. The standard InChI is InChI=1S/C23H20ClNO4/c1-25(2)15-9-10-18(20(26)13-15)23(19-12-14(24)8-11-21(19)28-3)17-7-5-4-6-16(17)22(27)29-23/h4-13,26H,1-3H3. The van der Waals surface area contributed by atoms with Crippen molar-refractivity contribution in [2.75, 3.05) is 26.1 Å². The third-order valence-corrected chi connectivity index (χ3v) is 5.42. The van der Waals surface area contributed by atoms with E-state index in [1.807, 2.05) is 37.2 Å². The summed E-state index contributed by atoms with van der Waals surface area (Å²) < 4.78 is 11.6. The van der Waals surface area contributed by atoms with E-state index in [-0.39, 0.29) is 5.75 Å². The zero-order valence-electron chi connectivity index (χ0n) is 16.3. The molecule has 3 aromatic rings. The van der Waals surface area contributed by atoms with Crippen LogP contribution in [0.25, 0.3) is 0 Å². The van der Waals surface area contributed by atoms with E-state index >= 15 is 0 Å². The Morgan fingerprint density at radius 3 is 2.45 bits per heavy atom. The maximum atomic E-state index is 12.8. The second-order valence-corrected chi connectivity index (χ2v) is 7.49.